The molecule has 2 aromatic heterocycles. The maximum Gasteiger partial charge on any atom is 0.274 e. The number of aromatic nitrogens is 2. The average molecular weight is 369 g/mol. The largest absolute Gasteiger partial charge is 0.378 e. The first-order valence-corrected chi connectivity index (χ1v) is 9.29. The molecule has 1 aliphatic heterocycles. The molecule has 3 aromatic rings. The highest BCUT2D eigenvalue weighted by molar-refractivity contribution is 7.13. The quantitative estimate of drug-likeness (QED) is 0.696. The van der Waals surface area contributed by atoms with Crippen LogP contribution in [0.1, 0.15) is 21.6 Å². The van der Waals surface area contributed by atoms with Crippen LogP contribution in [0, 0.1) is 13.8 Å². The van der Waals surface area contributed by atoms with E-state index in [9.17, 15) is 9.59 Å². The molecule has 26 heavy (non-hydrogen) atoms. The van der Waals surface area contributed by atoms with Crippen LogP contribution in [0.5, 0.6) is 0 Å². The Morgan fingerprint density at radius 3 is 2.69 bits per heavy atom. The van der Waals surface area contributed by atoms with Crippen molar-refractivity contribution in [3.8, 4) is 5.69 Å². The summed E-state index contributed by atoms with van der Waals surface area (Å²) in [6, 6.07) is 9.20. The molecule has 1 saturated heterocycles. The smallest absolute Gasteiger partial charge is 0.274 e. The standard InChI is InChI=1S/C19H19N3O3S/c1-12-3-5-14(11-16(12)18(23)21-7-9-25-10-8-21)22-19(24)15-6-4-13(2)20-17(15)26-22/h3-6,11H,7-10H2,1-2H3. The normalized spacial score (nSPS) is 14.8. The highest BCUT2D eigenvalue weighted by atomic mass is 32.1. The molecule has 1 amide bonds. The minimum Gasteiger partial charge on any atom is -0.378 e. The number of hydrogen-bond acceptors (Lipinski definition) is 5. The molecular weight excluding hydrogens is 350 g/mol. The first-order chi connectivity index (χ1) is 12.5. The third-order valence-electron chi connectivity index (χ3n) is 4.58. The van der Waals surface area contributed by atoms with Crippen molar-refractivity contribution in [1.29, 1.82) is 0 Å². The van der Waals surface area contributed by atoms with Crippen molar-refractivity contribution >= 4 is 27.7 Å². The highest BCUT2D eigenvalue weighted by Crippen LogP contribution is 2.22. The number of morpholine rings is 1. The van der Waals surface area contributed by atoms with Gasteiger partial charge in [0.05, 0.1) is 24.3 Å². The SMILES string of the molecule is Cc1ccc2c(=O)n(-c3ccc(C)c(C(=O)N4CCOCC4)c3)sc2n1. The number of ether oxygens (including phenoxy) is 1. The number of rotatable bonds is 2. The van der Waals surface area contributed by atoms with Crippen molar-refractivity contribution in [1.82, 2.24) is 13.8 Å². The van der Waals surface area contributed by atoms with E-state index in [4.69, 9.17) is 4.74 Å². The molecular formula is C19H19N3O3S. The second-order valence-electron chi connectivity index (χ2n) is 6.40. The van der Waals surface area contributed by atoms with Crippen LogP contribution in [-0.4, -0.2) is 46.1 Å². The Hall–Kier alpha value is -2.51. The molecule has 0 unspecified atom stereocenters. The molecule has 0 aliphatic carbocycles. The van der Waals surface area contributed by atoms with Crippen LogP contribution >= 0.6 is 11.5 Å². The number of fused-ring (bicyclic) bond motifs is 1. The van der Waals surface area contributed by atoms with Crippen LogP contribution in [0.15, 0.2) is 35.1 Å². The second-order valence-corrected chi connectivity index (χ2v) is 7.33. The van der Waals surface area contributed by atoms with Crippen LogP contribution in [0.2, 0.25) is 0 Å². The summed E-state index contributed by atoms with van der Waals surface area (Å²) in [5, 5.41) is 0.599. The average Bonchev–Trinajstić information content (AvgIpc) is 2.98. The zero-order valence-electron chi connectivity index (χ0n) is 14.7. The number of carbonyl (C=O) groups is 1. The highest BCUT2D eigenvalue weighted by Gasteiger charge is 2.21. The molecule has 7 heteroatoms. The van der Waals surface area contributed by atoms with Gasteiger partial charge in [-0.25, -0.2) is 8.94 Å². The number of pyridine rings is 1. The predicted octanol–water partition coefficient (Wildman–Crippen LogP) is 2.54. The van der Waals surface area contributed by atoms with Crippen LogP contribution in [0.4, 0.5) is 0 Å². The Labute approximate surface area is 154 Å². The lowest BCUT2D eigenvalue weighted by Crippen LogP contribution is -2.41. The van der Waals surface area contributed by atoms with Gasteiger partial charge in [-0.05, 0) is 55.2 Å². The first kappa shape index (κ1) is 16.9. The van der Waals surface area contributed by atoms with Gasteiger partial charge in [0.25, 0.3) is 11.5 Å². The van der Waals surface area contributed by atoms with E-state index < -0.39 is 0 Å². The third-order valence-corrected chi connectivity index (χ3v) is 5.62. The maximum absolute atomic E-state index is 12.9. The lowest BCUT2D eigenvalue weighted by atomic mass is 10.1. The molecule has 1 fully saturated rings. The van der Waals surface area contributed by atoms with E-state index in [0.717, 1.165) is 11.3 Å². The van der Waals surface area contributed by atoms with Crippen molar-refractivity contribution in [2.45, 2.75) is 13.8 Å². The molecule has 6 nitrogen and oxygen atoms in total. The predicted molar refractivity (Wildman–Crippen MR) is 101 cm³/mol. The van der Waals surface area contributed by atoms with Crippen molar-refractivity contribution in [2.24, 2.45) is 0 Å². The zero-order chi connectivity index (χ0) is 18.3. The number of carbonyl (C=O) groups excluding carboxylic acids is 1. The van der Waals surface area contributed by atoms with Crippen molar-refractivity contribution < 1.29 is 9.53 Å². The van der Waals surface area contributed by atoms with Gasteiger partial charge in [0.15, 0.2) is 0 Å². The molecule has 0 radical (unpaired) electrons. The molecule has 0 spiro atoms. The second kappa shape index (κ2) is 6.66. The van der Waals surface area contributed by atoms with E-state index in [-0.39, 0.29) is 11.5 Å². The summed E-state index contributed by atoms with van der Waals surface area (Å²) in [5.74, 6) is -0.0178. The Morgan fingerprint density at radius 1 is 1.15 bits per heavy atom. The van der Waals surface area contributed by atoms with Gasteiger partial charge in [-0.3, -0.25) is 9.59 Å². The van der Waals surface area contributed by atoms with Crippen LogP contribution in [0.3, 0.4) is 0 Å². The summed E-state index contributed by atoms with van der Waals surface area (Å²) in [7, 11) is 0. The van der Waals surface area contributed by atoms with Gasteiger partial charge in [0, 0.05) is 24.3 Å². The van der Waals surface area contributed by atoms with Crippen LogP contribution in [0.25, 0.3) is 15.9 Å². The topological polar surface area (TPSA) is 64.4 Å². The van der Waals surface area contributed by atoms with Gasteiger partial charge >= 0.3 is 0 Å². The number of hydrogen-bond donors (Lipinski definition) is 0. The lowest BCUT2D eigenvalue weighted by molar-refractivity contribution is 0.0302. The van der Waals surface area contributed by atoms with Crippen LogP contribution in [-0.2, 0) is 4.74 Å². The Bertz CT molecular complexity index is 1050. The molecule has 3 heterocycles. The van der Waals surface area contributed by atoms with Gasteiger partial charge in [-0.1, -0.05) is 6.07 Å². The number of aryl methyl sites for hydroxylation is 2. The van der Waals surface area contributed by atoms with Gasteiger partial charge in [-0.15, -0.1) is 0 Å². The van der Waals surface area contributed by atoms with E-state index in [1.54, 1.807) is 21.0 Å². The number of benzene rings is 1. The van der Waals surface area contributed by atoms with E-state index in [0.29, 0.717) is 47.8 Å². The van der Waals surface area contributed by atoms with Gasteiger partial charge < -0.3 is 9.64 Å². The van der Waals surface area contributed by atoms with Crippen molar-refractivity contribution in [2.75, 3.05) is 26.3 Å². The van der Waals surface area contributed by atoms with Crippen molar-refractivity contribution in [3.63, 3.8) is 0 Å². The Balaban J connectivity index is 1.78. The monoisotopic (exact) mass is 369 g/mol. The summed E-state index contributed by atoms with van der Waals surface area (Å²) < 4.78 is 6.93. The summed E-state index contributed by atoms with van der Waals surface area (Å²) in [6.07, 6.45) is 0. The molecule has 0 atom stereocenters. The minimum atomic E-state index is -0.105. The summed E-state index contributed by atoms with van der Waals surface area (Å²) in [5.41, 5.74) is 2.98. The van der Waals surface area contributed by atoms with Crippen molar-refractivity contribution in [3.05, 3.63) is 57.5 Å². The molecule has 4 rings (SSSR count). The fraction of sp³-hybridized carbons (Fsp3) is 0.316. The Morgan fingerprint density at radius 2 is 1.92 bits per heavy atom. The molecule has 134 valence electrons. The zero-order valence-corrected chi connectivity index (χ0v) is 15.5. The summed E-state index contributed by atoms with van der Waals surface area (Å²) in [6.45, 7) is 6.12. The summed E-state index contributed by atoms with van der Waals surface area (Å²) >= 11 is 1.30. The molecule has 0 saturated carbocycles. The van der Waals surface area contributed by atoms with Gasteiger partial charge in [0.2, 0.25) is 0 Å². The molecule has 1 aromatic carbocycles. The number of amides is 1. The number of nitrogens with zero attached hydrogens (tertiary/aromatic N) is 3. The fourth-order valence-corrected chi connectivity index (χ4v) is 4.09. The van der Waals surface area contributed by atoms with Gasteiger partial charge in [0.1, 0.15) is 4.83 Å². The van der Waals surface area contributed by atoms with Gasteiger partial charge in [-0.2, -0.15) is 0 Å². The third kappa shape index (κ3) is 2.93. The molecule has 0 bridgehead atoms. The fourth-order valence-electron chi connectivity index (χ4n) is 3.08. The minimum absolute atomic E-state index is 0.0178. The van der Waals surface area contributed by atoms with E-state index in [2.05, 4.69) is 4.98 Å². The van der Waals surface area contributed by atoms with E-state index in [1.807, 2.05) is 32.0 Å². The maximum atomic E-state index is 12.9. The van der Waals surface area contributed by atoms with E-state index >= 15 is 0 Å². The van der Waals surface area contributed by atoms with Crippen LogP contribution < -0.4 is 5.56 Å². The molecule has 1 aliphatic rings. The van der Waals surface area contributed by atoms with E-state index in [1.165, 1.54) is 11.5 Å². The first-order valence-electron chi connectivity index (χ1n) is 8.52. The molecule has 0 N–H and O–H groups in total. The Kier molecular flexibility index (Phi) is 4.34. The summed E-state index contributed by atoms with van der Waals surface area (Å²) in [4.78, 5) is 32.6. The lowest BCUT2D eigenvalue weighted by Gasteiger charge is -2.27.